The summed E-state index contributed by atoms with van der Waals surface area (Å²) in [5.74, 6) is -1.79. The van der Waals surface area contributed by atoms with Crippen molar-refractivity contribution in [3.05, 3.63) is 84.2 Å². The number of ether oxygens (including phenoxy) is 1. The van der Waals surface area contributed by atoms with E-state index in [9.17, 15) is 18.0 Å². The van der Waals surface area contributed by atoms with Crippen molar-refractivity contribution in [2.75, 3.05) is 0 Å². The summed E-state index contributed by atoms with van der Waals surface area (Å²) >= 11 is 0. The Morgan fingerprint density at radius 1 is 1.00 bits per heavy atom. The molecule has 5 nitrogen and oxygen atoms in total. The fourth-order valence-electron chi connectivity index (χ4n) is 3.92. The second kappa shape index (κ2) is 10.5. The van der Waals surface area contributed by atoms with Gasteiger partial charge in [-0.1, -0.05) is 68.4 Å². The zero-order valence-electron chi connectivity index (χ0n) is 19.9. The number of aromatic nitrogens is 2. The van der Waals surface area contributed by atoms with E-state index in [1.807, 2.05) is 36.4 Å². The van der Waals surface area contributed by atoms with Gasteiger partial charge in [-0.3, -0.25) is 10.7 Å². The predicted molar refractivity (Wildman–Crippen MR) is 133 cm³/mol. The van der Waals surface area contributed by atoms with Crippen LogP contribution in [-0.2, 0) is 16.0 Å². The largest absolute Gasteiger partial charge is 0.490 e. The lowest BCUT2D eigenvalue weighted by Crippen LogP contribution is -2.29. The highest BCUT2D eigenvalue weighted by molar-refractivity contribution is 5.92. The molecule has 1 unspecified atom stereocenters. The number of esters is 1. The highest BCUT2D eigenvalue weighted by atomic mass is 19.4. The molecule has 2 aromatic carbocycles. The van der Waals surface area contributed by atoms with Crippen molar-refractivity contribution in [3.63, 3.8) is 0 Å². The first-order chi connectivity index (χ1) is 17.1. The van der Waals surface area contributed by atoms with Gasteiger partial charge in [0.15, 0.2) is 6.23 Å². The van der Waals surface area contributed by atoms with Crippen molar-refractivity contribution in [2.24, 2.45) is 11.7 Å². The number of nitrogens with two attached hydrogens (primary N) is 1. The van der Waals surface area contributed by atoms with E-state index in [0.717, 1.165) is 46.1 Å². The van der Waals surface area contributed by atoms with Gasteiger partial charge in [-0.25, -0.2) is 9.78 Å². The number of aryl methyl sites for hydroxylation is 1. The van der Waals surface area contributed by atoms with Crippen molar-refractivity contribution in [2.45, 2.75) is 39.1 Å². The standard InChI is InChI=1S/C28H26F3N3O2/c1-17(2)8-13-23-22-16-21(18-6-4-3-5-7-18)25(34-24(22)14-15-33-23)19-9-11-20(12-10-19)26(32)36-27(35)28(29,30)31/h3-7,9-12,14-17,26H,8,13,32H2,1-2H3. The number of halogens is 3. The van der Waals surface area contributed by atoms with Gasteiger partial charge in [0, 0.05) is 34.0 Å². The van der Waals surface area contributed by atoms with Gasteiger partial charge in [0.05, 0.1) is 11.2 Å². The number of alkyl halides is 3. The zero-order valence-corrected chi connectivity index (χ0v) is 19.9. The molecule has 2 heterocycles. The number of hydrogen-bond acceptors (Lipinski definition) is 5. The number of nitrogens with zero attached hydrogens (tertiary/aromatic N) is 2. The molecule has 1 atom stereocenters. The lowest BCUT2D eigenvalue weighted by molar-refractivity contribution is -0.205. The van der Waals surface area contributed by atoms with E-state index in [4.69, 9.17) is 10.7 Å². The topological polar surface area (TPSA) is 78.1 Å². The van der Waals surface area contributed by atoms with Crippen molar-refractivity contribution >= 4 is 16.9 Å². The highest BCUT2D eigenvalue weighted by Crippen LogP contribution is 2.35. The maximum atomic E-state index is 12.5. The third kappa shape index (κ3) is 5.71. The Labute approximate surface area is 207 Å². The van der Waals surface area contributed by atoms with Crippen LogP contribution in [0.15, 0.2) is 72.9 Å². The summed E-state index contributed by atoms with van der Waals surface area (Å²) in [6, 6.07) is 20.3. The predicted octanol–water partition coefficient (Wildman–Crippen LogP) is 6.62. The summed E-state index contributed by atoms with van der Waals surface area (Å²) in [7, 11) is 0. The van der Waals surface area contributed by atoms with Gasteiger partial charge in [-0.2, -0.15) is 13.2 Å². The molecule has 0 radical (unpaired) electrons. The van der Waals surface area contributed by atoms with Gasteiger partial charge in [0.2, 0.25) is 0 Å². The van der Waals surface area contributed by atoms with Crippen LogP contribution < -0.4 is 5.73 Å². The Kier molecular flexibility index (Phi) is 7.35. The number of rotatable bonds is 7. The first-order valence-electron chi connectivity index (χ1n) is 11.6. The van der Waals surface area contributed by atoms with Gasteiger partial charge >= 0.3 is 12.1 Å². The summed E-state index contributed by atoms with van der Waals surface area (Å²) < 4.78 is 41.9. The number of hydrogen-bond donors (Lipinski definition) is 1. The monoisotopic (exact) mass is 493 g/mol. The van der Waals surface area contributed by atoms with Crippen molar-refractivity contribution in [3.8, 4) is 22.4 Å². The fraction of sp³-hybridized carbons (Fsp3) is 0.250. The van der Waals surface area contributed by atoms with Crippen LogP contribution in [0.1, 0.15) is 37.8 Å². The van der Waals surface area contributed by atoms with Crippen LogP contribution >= 0.6 is 0 Å². The van der Waals surface area contributed by atoms with E-state index in [2.05, 4.69) is 29.6 Å². The average molecular weight is 494 g/mol. The number of carbonyl (C=O) groups excluding carboxylic acids is 1. The summed E-state index contributed by atoms with van der Waals surface area (Å²) in [5.41, 5.74) is 11.0. The Hall–Kier alpha value is -3.78. The van der Waals surface area contributed by atoms with E-state index < -0.39 is 18.4 Å². The fourth-order valence-corrected chi connectivity index (χ4v) is 3.92. The van der Waals surface area contributed by atoms with Crippen molar-refractivity contribution in [1.82, 2.24) is 9.97 Å². The molecular weight excluding hydrogens is 467 g/mol. The lowest BCUT2D eigenvalue weighted by Gasteiger charge is -2.16. The van der Waals surface area contributed by atoms with Crippen molar-refractivity contribution < 1.29 is 22.7 Å². The first-order valence-corrected chi connectivity index (χ1v) is 11.6. The molecule has 4 rings (SSSR count). The van der Waals surface area contributed by atoms with E-state index in [0.29, 0.717) is 11.6 Å². The molecule has 186 valence electrons. The quantitative estimate of drug-likeness (QED) is 0.231. The van der Waals surface area contributed by atoms with Crippen LogP contribution in [0.2, 0.25) is 0 Å². The van der Waals surface area contributed by atoms with Gasteiger partial charge in [-0.15, -0.1) is 0 Å². The van der Waals surface area contributed by atoms with Crippen LogP contribution in [0.3, 0.4) is 0 Å². The lowest BCUT2D eigenvalue weighted by atomic mass is 9.95. The van der Waals surface area contributed by atoms with Gasteiger partial charge in [-0.05, 0) is 36.5 Å². The van der Waals surface area contributed by atoms with Gasteiger partial charge in [0.25, 0.3) is 0 Å². The summed E-state index contributed by atoms with van der Waals surface area (Å²) in [6.07, 6.45) is -3.04. The van der Waals surface area contributed by atoms with Gasteiger partial charge < -0.3 is 4.74 Å². The maximum absolute atomic E-state index is 12.5. The minimum Gasteiger partial charge on any atom is -0.436 e. The normalized spacial score (nSPS) is 12.6. The number of benzene rings is 2. The molecule has 2 N–H and O–H groups in total. The van der Waals surface area contributed by atoms with E-state index in [1.54, 1.807) is 18.3 Å². The Morgan fingerprint density at radius 3 is 2.33 bits per heavy atom. The molecule has 0 amide bonds. The average Bonchev–Trinajstić information content (AvgIpc) is 2.86. The van der Waals surface area contributed by atoms with Crippen LogP contribution in [0.4, 0.5) is 13.2 Å². The van der Waals surface area contributed by atoms with Gasteiger partial charge in [0.1, 0.15) is 0 Å². The molecule has 0 aliphatic carbocycles. The first kappa shape index (κ1) is 25.3. The minimum absolute atomic E-state index is 0.235. The van der Waals surface area contributed by atoms with E-state index >= 15 is 0 Å². The molecule has 0 fully saturated rings. The molecule has 36 heavy (non-hydrogen) atoms. The van der Waals surface area contributed by atoms with Crippen LogP contribution in [0.5, 0.6) is 0 Å². The smallest absolute Gasteiger partial charge is 0.436 e. The molecule has 8 heteroatoms. The SMILES string of the molecule is CC(C)CCc1nccc2nc(-c3ccc(C(N)OC(=O)C(F)(F)F)cc3)c(-c3ccccc3)cc12. The molecule has 0 saturated heterocycles. The Bertz CT molecular complexity index is 1350. The number of pyridine rings is 2. The molecule has 0 saturated carbocycles. The summed E-state index contributed by atoms with van der Waals surface area (Å²) in [5, 5.41) is 0.985. The second-order valence-corrected chi connectivity index (χ2v) is 8.95. The molecule has 0 bridgehead atoms. The second-order valence-electron chi connectivity index (χ2n) is 8.95. The molecule has 4 aromatic rings. The third-order valence-corrected chi connectivity index (χ3v) is 5.85. The maximum Gasteiger partial charge on any atom is 0.490 e. The van der Waals surface area contributed by atoms with Crippen LogP contribution in [0.25, 0.3) is 33.3 Å². The summed E-state index contributed by atoms with van der Waals surface area (Å²) in [6.45, 7) is 4.35. The highest BCUT2D eigenvalue weighted by Gasteiger charge is 2.42. The zero-order chi connectivity index (χ0) is 25.9. The Morgan fingerprint density at radius 2 is 1.69 bits per heavy atom. The molecule has 0 spiro atoms. The Balaban J connectivity index is 1.75. The summed E-state index contributed by atoms with van der Waals surface area (Å²) in [4.78, 5) is 20.7. The van der Waals surface area contributed by atoms with E-state index in [-0.39, 0.29) is 5.56 Å². The van der Waals surface area contributed by atoms with Crippen molar-refractivity contribution in [1.29, 1.82) is 0 Å². The third-order valence-electron chi connectivity index (χ3n) is 5.85. The minimum atomic E-state index is -5.11. The van der Waals surface area contributed by atoms with E-state index in [1.165, 1.54) is 12.1 Å². The molecule has 2 aromatic heterocycles. The van der Waals surface area contributed by atoms with Crippen LogP contribution in [-0.4, -0.2) is 22.1 Å². The molecule has 0 aliphatic heterocycles. The van der Waals surface area contributed by atoms with Crippen LogP contribution in [0, 0.1) is 5.92 Å². The number of fused-ring (bicyclic) bond motifs is 1. The molecule has 0 aliphatic rings. The molecular formula is C28H26F3N3O2. The number of carbonyl (C=O) groups is 1.